The highest BCUT2D eigenvalue weighted by atomic mass is 32.2. The second-order valence-electron chi connectivity index (χ2n) is 6.74. The Morgan fingerprint density at radius 1 is 1.07 bits per heavy atom. The van der Waals surface area contributed by atoms with Gasteiger partial charge in [0.15, 0.2) is 0 Å². The van der Waals surface area contributed by atoms with Crippen molar-refractivity contribution < 1.29 is 17.6 Å². The molecule has 0 spiro atoms. The van der Waals surface area contributed by atoms with E-state index in [2.05, 4.69) is 10.2 Å². The summed E-state index contributed by atoms with van der Waals surface area (Å²) < 4.78 is 39.1. The number of hydrogen-bond donors (Lipinski definition) is 0. The molecule has 0 bridgehead atoms. The lowest BCUT2D eigenvalue weighted by molar-refractivity contribution is 0.0858. The summed E-state index contributed by atoms with van der Waals surface area (Å²) in [6.07, 6.45) is 3.88. The lowest BCUT2D eigenvalue weighted by Gasteiger charge is -2.32. The largest absolute Gasteiger partial charge is 0.421 e. The van der Waals surface area contributed by atoms with E-state index in [-0.39, 0.29) is 11.0 Å². The predicted molar refractivity (Wildman–Crippen MR) is 93.9 cm³/mol. The van der Waals surface area contributed by atoms with E-state index in [9.17, 15) is 8.42 Å². The Morgan fingerprint density at radius 3 is 2.56 bits per heavy atom. The highest BCUT2D eigenvalue weighted by Gasteiger charge is 2.38. The smallest absolute Gasteiger partial charge is 0.245 e. The van der Waals surface area contributed by atoms with Crippen molar-refractivity contribution in [3.8, 4) is 6.07 Å². The van der Waals surface area contributed by atoms with Crippen molar-refractivity contribution in [3.05, 3.63) is 41.6 Å². The van der Waals surface area contributed by atoms with Gasteiger partial charge in [-0.3, -0.25) is 0 Å². The van der Waals surface area contributed by atoms with Crippen molar-refractivity contribution >= 4 is 10.0 Å². The Kier molecular flexibility index (Phi) is 4.95. The number of piperidine rings is 1. The van der Waals surface area contributed by atoms with Crippen molar-refractivity contribution in [2.75, 3.05) is 13.2 Å². The molecule has 4 rings (SSSR count). The molecule has 2 fully saturated rings. The minimum atomic E-state index is -3.73. The lowest BCUT2D eigenvalue weighted by atomic mass is 10.1. The Balaban J connectivity index is 1.62. The van der Waals surface area contributed by atoms with Crippen LogP contribution in [0.2, 0.25) is 0 Å². The Labute approximate surface area is 157 Å². The summed E-state index contributed by atoms with van der Waals surface area (Å²) >= 11 is 0. The number of nitriles is 1. The van der Waals surface area contributed by atoms with Crippen LogP contribution in [0.15, 0.2) is 33.6 Å². The molecule has 27 heavy (non-hydrogen) atoms. The van der Waals surface area contributed by atoms with E-state index in [0.717, 1.165) is 25.7 Å². The fourth-order valence-corrected chi connectivity index (χ4v) is 5.21. The second kappa shape index (κ2) is 7.38. The third-order valence-electron chi connectivity index (χ3n) is 4.99. The summed E-state index contributed by atoms with van der Waals surface area (Å²) in [5.41, 5.74) is 0.419. The molecule has 0 N–H and O–H groups in total. The summed E-state index contributed by atoms with van der Waals surface area (Å²) in [7, 11) is -3.73. The predicted octanol–water partition coefficient (Wildman–Crippen LogP) is 2.71. The number of aromatic nitrogens is 2. The molecule has 1 aromatic heterocycles. The monoisotopic (exact) mass is 388 g/mol. The van der Waals surface area contributed by atoms with Crippen molar-refractivity contribution in [2.24, 2.45) is 0 Å². The van der Waals surface area contributed by atoms with Gasteiger partial charge in [-0.15, -0.1) is 10.2 Å². The van der Waals surface area contributed by atoms with Gasteiger partial charge in [-0.1, -0.05) is 6.42 Å². The van der Waals surface area contributed by atoms with E-state index >= 15 is 0 Å². The highest BCUT2D eigenvalue weighted by Crippen LogP contribution is 2.36. The first-order valence-corrected chi connectivity index (χ1v) is 10.5. The number of ether oxygens (including phenoxy) is 1. The number of nitrogens with zero attached hydrogens (tertiary/aromatic N) is 4. The van der Waals surface area contributed by atoms with Crippen LogP contribution < -0.4 is 0 Å². The average molecular weight is 388 g/mol. The van der Waals surface area contributed by atoms with Crippen LogP contribution in [0, 0.1) is 11.3 Å². The van der Waals surface area contributed by atoms with Gasteiger partial charge in [-0.2, -0.15) is 9.57 Å². The van der Waals surface area contributed by atoms with Crippen molar-refractivity contribution in [3.63, 3.8) is 0 Å². The van der Waals surface area contributed by atoms with Gasteiger partial charge in [0.2, 0.25) is 21.8 Å². The zero-order chi connectivity index (χ0) is 18.9. The number of hydrogen-bond acceptors (Lipinski definition) is 7. The van der Waals surface area contributed by atoms with Crippen LogP contribution >= 0.6 is 0 Å². The van der Waals surface area contributed by atoms with Gasteiger partial charge in [-0.25, -0.2) is 8.42 Å². The van der Waals surface area contributed by atoms with Crippen molar-refractivity contribution in [1.29, 1.82) is 5.26 Å². The van der Waals surface area contributed by atoms with Crippen molar-refractivity contribution in [1.82, 2.24) is 14.5 Å². The third kappa shape index (κ3) is 3.48. The van der Waals surface area contributed by atoms with Crippen LogP contribution in [0.3, 0.4) is 0 Å². The average Bonchev–Trinajstić information content (AvgIpc) is 3.39. The van der Waals surface area contributed by atoms with Crippen LogP contribution in [0.25, 0.3) is 0 Å². The minimum absolute atomic E-state index is 0.160. The molecular weight excluding hydrogens is 368 g/mol. The normalized spacial score (nSPS) is 24.0. The first-order valence-electron chi connectivity index (χ1n) is 9.06. The molecule has 2 aliphatic heterocycles. The highest BCUT2D eigenvalue weighted by molar-refractivity contribution is 7.89. The van der Waals surface area contributed by atoms with Crippen LogP contribution in [0.5, 0.6) is 0 Å². The van der Waals surface area contributed by atoms with Gasteiger partial charge in [0.05, 0.1) is 16.5 Å². The molecule has 2 aromatic rings. The Hall–Kier alpha value is -2.28. The fourth-order valence-electron chi connectivity index (χ4n) is 3.56. The van der Waals surface area contributed by atoms with E-state index in [4.69, 9.17) is 14.4 Å². The molecule has 9 heteroatoms. The van der Waals surface area contributed by atoms with E-state index in [1.807, 2.05) is 6.07 Å². The molecule has 2 aliphatic rings. The maximum Gasteiger partial charge on any atom is 0.245 e. The van der Waals surface area contributed by atoms with Gasteiger partial charge >= 0.3 is 0 Å². The molecular formula is C18H20N4O4S. The molecule has 142 valence electrons. The van der Waals surface area contributed by atoms with Gasteiger partial charge < -0.3 is 9.15 Å². The summed E-state index contributed by atoms with van der Waals surface area (Å²) in [4.78, 5) is 0.160. The van der Waals surface area contributed by atoms with Gasteiger partial charge in [-0.05, 0) is 49.9 Å². The number of sulfonamides is 1. The first kappa shape index (κ1) is 18.1. The Morgan fingerprint density at radius 2 is 1.85 bits per heavy atom. The number of benzene rings is 1. The molecule has 3 heterocycles. The minimum Gasteiger partial charge on any atom is -0.421 e. The first-order chi connectivity index (χ1) is 13.1. The van der Waals surface area contributed by atoms with E-state index in [1.165, 1.54) is 28.6 Å². The standard InChI is InChI=1S/C18H20N4O4S/c19-12-13-6-8-14(9-7-13)27(23,24)22-10-2-1-4-15(22)17-20-21-18(26-17)16-5-3-11-25-16/h6-9,15-16H,1-5,10-11H2/t15-,16-/m1/s1. The van der Waals surface area contributed by atoms with E-state index in [1.54, 1.807) is 0 Å². The van der Waals surface area contributed by atoms with Crippen LogP contribution in [0.1, 0.15) is 61.6 Å². The Bertz CT molecular complexity index is 942. The SMILES string of the molecule is N#Cc1ccc(S(=O)(=O)N2CCCC[C@@H]2c2nnc([C@H]3CCCO3)o2)cc1. The molecule has 2 saturated heterocycles. The number of rotatable bonds is 4. The molecule has 0 radical (unpaired) electrons. The van der Waals surface area contributed by atoms with Crippen molar-refractivity contribution in [2.45, 2.75) is 49.1 Å². The zero-order valence-electron chi connectivity index (χ0n) is 14.7. The third-order valence-corrected chi connectivity index (χ3v) is 6.91. The van der Waals surface area contributed by atoms with E-state index < -0.39 is 16.1 Å². The topological polar surface area (TPSA) is 109 Å². The maximum atomic E-state index is 13.2. The molecule has 2 atom stereocenters. The van der Waals surface area contributed by atoms with Gasteiger partial charge in [0.25, 0.3) is 0 Å². The van der Waals surface area contributed by atoms with Crippen LogP contribution in [0.4, 0.5) is 0 Å². The quantitative estimate of drug-likeness (QED) is 0.792. The molecule has 0 unspecified atom stereocenters. The summed E-state index contributed by atoms with van der Waals surface area (Å²) in [6, 6.07) is 7.45. The molecule has 0 aliphatic carbocycles. The fraction of sp³-hybridized carbons (Fsp3) is 0.500. The van der Waals surface area contributed by atoms with Gasteiger partial charge in [0.1, 0.15) is 12.1 Å². The lowest BCUT2D eigenvalue weighted by Crippen LogP contribution is -2.38. The molecule has 8 nitrogen and oxygen atoms in total. The molecule has 1 aromatic carbocycles. The van der Waals surface area contributed by atoms with E-state index in [0.29, 0.717) is 36.9 Å². The van der Waals surface area contributed by atoms with Crippen LogP contribution in [-0.4, -0.2) is 36.1 Å². The summed E-state index contributed by atoms with van der Waals surface area (Å²) in [5, 5.41) is 17.1. The van der Waals surface area contributed by atoms with Crippen LogP contribution in [-0.2, 0) is 14.8 Å². The van der Waals surface area contributed by atoms with Gasteiger partial charge in [0, 0.05) is 13.2 Å². The zero-order valence-corrected chi connectivity index (χ0v) is 15.6. The second-order valence-corrected chi connectivity index (χ2v) is 8.63. The molecule has 0 saturated carbocycles. The summed E-state index contributed by atoms with van der Waals surface area (Å²) in [5.74, 6) is 0.737. The molecule has 0 amide bonds. The maximum absolute atomic E-state index is 13.2. The summed E-state index contributed by atoms with van der Waals surface area (Å²) in [6.45, 7) is 1.07.